The van der Waals surface area contributed by atoms with Crippen molar-refractivity contribution >= 4 is 29.0 Å². The maximum absolute atomic E-state index is 12.1. The summed E-state index contributed by atoms with van der Waals surface area (Å²) in [6.45, 7) is 6.30. The summed E-state index contributed by atoms with van der Waals surface area (Å²) in [5.74, 6) is 0.728. The van der Waals surface area contributed by atoms with Crippen molar-refractivity contribution in [2.24, 2.45) is 11.8 Å². The van der Waals surface area contributed by atoms with Crippen LogP contribution in [0, 0.1) is 11.8 Å². The predicted octanol–water partition coefficient (Wildman–Crippen LogP) is 3.15. The van der Waals surface area contributed by atoms with Crippen LogP contribution in [-0.2, 0) is 4.79 Å². The fourth-order valence-electron chi connectivity index (χ4n) is 2.63. The Labute approximate surface area is 136 Å². The van der Waals surface area contributed by atoms with Crippen LogP contribution in [0.5, 0.6) is 0 Å². The molecule has 3 amide bonds. The Hall–Kier alpha value is -1.56. The van der Waals surface area contributed by atoms with Crippen molar-refractivity contribution in [3.63, 3.8) is 0 Å². The molecule has 2 heterocycles. The molecular weight excluding hydrogens is 298 g/mol. The number of hydrogen-bond acceptors (Lipinski definition) is 3. The molecule has 122 valence electrons. The normalized spacial score (nSPS) is 18.3. The fourth-order valence-corrected chi connectivity index (χ4v) is 3.22. The fraction of sp³-hybridized carbons (Fsp3) is 0.625. The third-order valence-corrected chi connectivity index (χ3v) is 4.43. The van der Waals surface area contributed by atoms with Gasteiger partial charge < -0.3 is 15.5 Å². The molecular formula is C16H25N3O2S. The minimum absolute atomic E-state index is 0.00311. The number of anilines is 1. The van der Waals surface area contributed by atoms with Crippen LogP contribution in [0.4, 0.5) is 10.5 Å². The number of nitrogens with one attached hydrogen (secondary N) is 2. The number of thiophene rings is 1. The van der Waals surface area contributed by atoms with Crippen LogP contribution in [0.15, 0.2) is 16.8 Å². The van der Waals surface area contributed by atoms with Crippen molar-refractivity contribution in [2.75, 3.05) is 25.0 Å². The molecule has 2 rings (SSSR count). The van der Waals surface area contributed by atoms with Crippen LogP contribution in [0.3, 0.4) is 0 Å². The first-order valence-corrected chi connectivity index (χ1v) is 8.83. The molecule has 0 radical (unpaired) electrons. The maximum atomic E-state index is 12.1. The van der Waals surface area contributed by atoms with Crippen molar-refractivity contribution < 1.29 is 9.59 Å². The first kappa shape index (κ1) is 16.8. The van der Waals surface area contributed by atoms with Gasteiger partial charge in [-0.05, 0) is 36.1 Å². The van der Waals surface area contributed by atoms with E-state index in [4.69, 9.17) is 0 Å². The molecule has 1 aliphatic rings. The van der Waals surface area contributed by atoms with E-state index >= 15 is 0 Å². The average molecular weight is 323 g/mol. The van der Waals surface area contributed by atoms with Gasteiger partial charge in [0.15, 0.2) is 0 Å². The predicted molar refractivity (Wildman–Crippen MR) is 90.1 cm³/mol. The molecule has 0 unspecified atom stereocenters. The highest BCUT2D eigenvalue weighted by atomic mass is 32.1. The third kappa shape index (κ3) is 5.33. The summed E-state index contributed by atoms with van der Waals surface area (Å²) in [6.07, 6.45) is 2.44. The van der Waals surface area contributed by atoms with Gasteiger partial charge in [0.2, 0.25) is 5.91 Å². The summed E-state index contributed by atoms with van der Waals surface area (Å²) in [4.78, 5) is 26.0. The summed E-state index contributed by atoms with van der Waals surface area (Å²) in [5.41, 5.74) is 0.859. The van der Waals surface area contributed by atoms with Crippen molar-refractivity contribution in [3.05, 3.63) is 16.8 Å². The van der Waals surface area contributed by atoms with Crippen LogP contribution in [0.1, 0.15) is 33.1 Å². The molecule has 2 N–H and O–H groups in total. The summed E-state index contributed by atoms with van der Waals surface area (Å²) < 4.78 is 0. The van der Waals surface area contributed by atoms with Crippen molar-refractivity contribution in [1.82, 2.24) is 10.2 Å². The molecule has 0 saturated carbocycles. The Morgan fingerprint density at radius 2 is 2.27 bits per heavy atom. The molecule has 0 spiro atoms. The van der Waals surface area contributed by atoms with E-state index in [0.717, 1.165) is 25.1 Å². The van der Waals surface area contributed by atoms with Gasteiger partial charge in [0.05, 0.1) is 5.69 Å². The lowest BCUT2D eigenvalue weighted by Crippen LogP contribution is -2.46. The first-order valence-electron chi connectivity index (χ1n) is 7.89. The highest BCUT2D eigenvalue weighted by Gasteiger charge is 2.25. The third-order valence-electron chi connectivity index (χ3n) is 3.75. The van der Waals surface area contributed by atoms with E-state index in [0.29, 0.717) is 25.4 Å². The van der Waals surface area contributed by atoms with Crippen molar-refractivity contribution in [2.45, 2.75) is 33.1 Å². The maximum Gasteiger partial charge on any atom is 0.317 e. The van der Waals surface area contributed by atoms with Gasteiger partial charge in [-0.3, -0.25) is 4.79 Å². The highest BCUT2D eigenvalue weighted by molar-refractivity contribution is 7.08. The van der Waals surface area contributed by atoms with E-state index in [-0.39, 0.29) is 17.9 Å². The summed E-state index contributed by atoms with van der Waals surface area (Å²) in [7, 11) is 0. The van der Waals surface area contributed by atoms with Crippen LogP contribution < -0.4 is 10.6 Å². The molecule has 1 saturated heterocycles. The van der Waals surface area contributed by atoms with Gasteiger partial charge in [-0.25, -0.2) is 4.79 Å². The number of hydrogen-bond donors (Lipinski definition) is 2. The standard InChI is InChI=1S/C16H25N3O2S/c1-12(2)9-17-16(21)19-6-3-4-13(10-19)8-15(20)18-14-5-7-22-11-14/h5,7,11-13H,3-4,6,8-10H2,1-2H3,(H,17,21)(H,18,20)/t13-/m1/s1. The minimum Gasteiger partial charge on any atom is -0.338 e. The molecule has 0 aromatic carbocycles. The monoisotopic (exact) mass is 323 g/mol. The number of amides is 3. The zero-order chi connectivity index (χ0) is 15.9. The van der Waals surface area contributed by atoms with Crippen LogP contribution >= 0.6 is 11.3 Å². The molecule has 1 aromatic rings. The van der Waals surface area contributed by atoms with Crippen molar-refractivity contribution in [3.8, 4) is 0 Å². The van der Waals surface area contributed by atoms with E-state index in [9.17, 15) is 9.59 Å². The average Bonchev–Trinajstić information content (AvgIpc) is 2.97. The number of rotatable bonds is 5. The Bertz CT molecular complexity index is 488. The Morgan fingerprint density at radius 1 is 1.45 bits per heavy atom. The van der Waals surface area contributed by atoms with Gasteiger partial charge in [-0.1, -0.05) is 13.8 Å². The molecule has 1 aliphatic heterocycles. The molecule has 0 aliphatic carbocycles. The number of carbonyl (C=O) groups excluding carboxylic acids is 2. The summed E-state index contributed by atoms with van der Waals surface area (Å²) >= 11 is 1.56. The van der Waals surface area contributed by atoms with Gasteiger partial charge in [-0.2, -0.15) is 11.3 Å². The molecule has 5 nitrogen and oxygen atoms in total. The molecule has 1 atom stereocenters. The van der Waals surface area contributed by atoms with E-state index < -0.39 is 0 Å². The number of piperidine rings is 1. The molecule has 6 heteroatoms. The second-order valence-corrected chi connectivity index (χ2v) is 7.08. The van der Waals surface area contributed by atoms with Gasteiger partial charge in [0.1, 0.15) is 0 Å². The second-order valence-electron chi connectivity index (χ2n) is 6.30. The van der Waals surface area contributed by atoms with E-state index in [1.54, 1.807) is 11.3 Å². The lowest BCUT2D eigenvalue weighted by Gasteiger charge is -2.32. The van der Waals surface area contributed by atoms with Crippen molar-refractivity contribution in [1.29, 1.82) is 0 Å². The number of likely N-dealkylation sites (tertiary alicyclic amines) is 1. The Morgan fingerprint density at radius 3 is 2.95 bits per heavy atom. The first-order chi connectivity index (χ1) is 10.5. The number of carbonyl (C=O) groups is 2. The van der Waals surface area contributed by atoms with E-state index in [2.05, 4.69) is 24.5 Å². The molecule has 22 heavy (non-hydrogen) atoms. The van der Waals surface area contributed by atoms with Gasteiger partial charge in [0.25, 0.3) is 0 Å². The van der Waals surface area contributed by atoms with Gasteiger partial charge >= 0.3 is 6.03 Å². The Kier molecular flexibility index (Phi) is 6.24. The zero-order valence-corrected chi connectivity index (χ0v) is 14.1. The minimum atomic E-state index is -0.00311. The van der Waals surface area contributed by atoms with Crippen LogP contribution in [0.2, 0.25) is 0 Å². The van der Waals surface area contributed by atoms with Crippen LogP contribution in [-0.4, -0.2) is 36.5 Å². The summed E-state index contributed by atoms with van der Waals surface area (Å²) in [6, 6.07) is 1.89. The van der Waals surface area contributed by atoms with Gasteiger partial charge in [0, 0.05) is 31.4 Å². The SMILES string of the molecule is CC(C)CNC(=O)N1CCC[C@H](CC(=O)Nc2ccsc2)C1. The molecule has 1 aromatic heterocycles. The van der Waals surface area contributed by atoms with E-state index in [1.807, 2.05) is 21.7 Å². The number of urea groups is 1. The summed E-state index contributed by atoms with van der Waals surface area (Å²) in [5, 5.41) is 9.72. The van der Waals surface area contributed by atoms with E-state index in [1.165, 1.54) is 0 Å². The molecule has 1 fully saturated rings. The largest absolute Gasteiger partial charge is 0.338 e. The molecule has 0 bridgehead atoms. The lowest BCUT2D eigenvalue weighted by atomic mass is 9.94. The zero-order valence-electron chi connectivity index (χ0n) is 13.3. The second kappa shape index (κ2) is 8.17. The smallest absolute Gasteiger partial charge is 0.317 e. The highest BCUT2D eigenvalue weighted by Crippen LogP contribution is 2.21. The number of nitrogens with zero attached hydrogens (tertiary/aromatic N) is 1. The van der Waals surface area contributed by atoms with Gasteiger partial charge in [-0.15, -0.1) is 0 Å². The topological polar surface area (TPSA) is 61.4 Å². The quantitative estimate of drug-likeness (QED) is 0.874. The lowest BCUT2D eigenvalue weighted by molar-refractivity contribution is -0.117. The Balaban J connectivity index is 1.77. The van der Waals surface area contributed by atoms with Crippen LogP contribution in [0.25, 0.3) is 0 Å².